The Kier molecular flexibility index (Phi) is 6.73. The summed E-state index contributed by atoms with van der Waals surface area (Å²) in [5.74, 6) is 0.764. The first kappa shape index (κ1) is 15.9. The first-order chi connectivity index (χ1) is 9.04. The van der Waals surface area contributed by atoms with Crippen molar-refractivity contribution >= 4 is 5.95 Å². The Morgan fingerprint density at radius 2 is 1.84 bits per heavy atom. The van der Waals surface area contributed by atoms with Crippen molar-refractivity contribution in [1.29, 1.82) is 0 Å². The molecule has 0 aromatic carbocycles. The van der Waals surface area contributed by atoms with Crippen LogP contribution < -0.4 is 10.2 Å². The molecule has 5 nitrogen and oxygen atoms in total. The number of nitrogens with zero attached hydrogens (tertiary/aromatic N) is 3. The van der Waals surface area contributed by atoms with Crippen LogP contribution in [0.3, 0.4) is 0 Å². The van der Waals surface area contributed by atoms with Crippen LogP contribution in [0.25, 0.3) is 0 Å². The van der Waals surface area contributed by atoms with Crippen molar-refractivity contribution in [2.75, 3.05) is 25.2 Å². The standard InChI is InChI=1S/C14H26N4O/c1-11(2)15-8-13-9-16-14(17-10-13)18(12(3)4)6-7-19-5/h9-12,15H,6-8H2,1-5H3. The van der Waals surface area contributed by atoms with Gasteiger partial charge in [0.15, 0.2) is 0 Å². The normalized spacial score (nSPS) is 11.3. The zero-order valence-corrected chi connectivity index (χ0v) is 12.7. The second-order valence-corrected chi connectivity index (χ2v) is 5.21. The van der Waals surface area contributed by atoms with Gasteiger partial charge in [-0.15, -0.1) is 0 Å². The van der Waals surface area contributed by atoms with E-state index in [-0.39, 0.29) is 0 Å². The van der Waals surface area contributed by atoms with Crippen LogP contribution in [0.1, 0.15) is 33.3 Å². The SMILES string of the molecule is COCCN(c1ncc(CNC(C)C)cn1)C(C)C. The van der Waals surface area contributed by atoms with Crippen molar-refractivity contribution in [3.05, 3.63) is 18.0 Å². The summed E-state index contributed by atoms with van der Waals surface area (Å²) in [5.41, 5.74) is 1.10. The second kappa shape index (κ2) is 8.07. The van der Waals surface area contributed by atoms with Gasteiger partial charge < -0.3 is 15.0 Å². The van der Waals surface area contributed by atoms with Crippen LogP contribution in [0.15, 0.2) is 12.4 Å². The van der Waals surface area contributed by atoms with E-state index < -0.39 is 0 Å². The molecule has 0 unspecified atom stereocenters. The molecule has 1 aromatic rings. The number of anilines is 1. The van der Waals surface area contributed by atoms with E-state index in [1.54, 1.807) is 7.11 Å². The fourth-order valence-electron chi connectivity index (χ4n) is 1.69. The molecule has 19 heavy (non-hydrogen) atoms. The first-order valence-corrected chi connectivity index (χ1v) is 6.84. The van der Waals surface area contributed by atoms with Crippen molar-refractivity contribution in [1.82, 2.24) is 15.3 Å². The quantitative estimate of drug-likeness (QED) is 0.778. The van der Waals surface area contributed by atoms with Crippen molar-refractivity contribution in [2.45, 2.75) is 46.3 Å². The Labute approximate surface area is 116 Å². The van der Waals surface area contributed by atoms with Gasteiger partial charge in [-0.25, -0.2) is 9.97 Å². The van der Waals surface area contributed by atoms with E-state index in [9.17, 15) is 0 Å². The topological polar surface area (TPSA) is 50.3 Å². The largest absolute Gasteiger partial charge is 0.383 e. The number of hydrogen-bond donors (Lipinski definition) is 1. The Morgan fingerprint density at radius 1 is 1.21 bits per heavy atom. The van der Waals surface area contributed by atoms with Crippen LogP contribution in [-0.2, 0) is 11.3 Å². The summed E-state index contributed by atoms with van der Waals surface area (Å²) in [6.45, 7) is 10.8. The second-order valence-electron chi connectivity index (χ2n) is 5.21. The lowest BCUT2D eigenvalue weighted by Crippen LogP contribution is -2.35. The van der Waals surface area contributed by atoms with Crippen molar-refractivity contribution < 1.29 is 4.74 Å². The van der Waals surface area contributed by atoms with Gasteiger partial charge in [-0.2, -0.15) is 0 Å². The molecule has 0 aliphatic rings. The summed E-state index contributed by atoms with van der Waals surface area (Å²) < 4.78 is 5.13. The van der Waals surface area contributed by atoms with Gasteiger partial charge in [0.25, 0.3) is 0 Å². The van der Waals surface area contributed by atoms with Gasteiger partial charge >= 0.3 is 0 Å². The molecule has 1 rings (SSSR count). The molecule has 0 radical (unpaired) electrons. The third-order valence-corrected chi connectivity index (χ3v) is 2.82. The van der Waals surface area contributed by atoms with E-state index >= 15 is 0 Å². The molecule has 0 aliphatic heterocycles. The molecule has 0 atom stereocenters. The number of rotatable bonds is 8. The minimum absolute atomic E-state index is 0.356. The van der Waals surface area contributed by atoms with Gasteiger partial charge in [-0.1, -0.05) is 13.8 Å². The number of aromatic nitrogens is 2. The summed E-state index contributed by atoms with van der Waals surface area (Å²) in [6.07, 6.45) is 3.78. The highest BCUT2D eigenvalue weighted by molar-refractivity contribution is 5.31. The molecule has 5 heteroatoms. The van der Waals surface area contributed by atoms with Gasteiger partial charge in [-0.05, 0) is 13.8 Å². The van der Waals surface area contributed by atoms with Gasteiger partial charge in [-0.3, -0.25) is 0 Å². The maximum Gasteiger partial charge on any atom is 0.225 e. The van der Waals surface area contributed by atoms with E-state index in [1.165, 1.54) is 0 Å². The highest BCUT2D eigenvalue weighted by Gasteiger charge is 2.12. The predicted molar refractivity (Wildman–Crippen MR) is 78.4 cm³/mol. The van der Waals surface area contributed by atoms with Gasteiger partial charge in [0, 0.05) is 50.2 Å². The predicted octanol–water partition coefficient (Wildman–Crippen LogP) is 1.84. The minimum atomic E-state index is 0.356. The molecule has 0 fully saturated rings. The molecular formula is C14H26N4O. The minimum Gasteiger partial charge on any atom is -0.383 e. The zero-order valence-electron chi connectivity index (χ0n) is 12.7. The molecule has 0 saturated heterocycles. The van der Waals surface area contributed by atoms with Crippen molar-refractivity contribution in [3.63, 3.8) is 0 Å². The van der Waals surface area contributed by atoms with Crippen molar-refractivity contribution in [3.8, 4) is 0 Å². The Hall–Kier alpha value is -1.20. The first-order valence-electron chi connectivity index (χ1n) is 6.84. The molecule has 1 heterocycles. The van der Waals surface area contributed by atoms with Crippen LogP contribution in [-0.4, -0.2) is 42.3 Å². The number of hydrogen-bond acceptors (Lipinski definition) is 5. The molecule has 1 N–H and O–H groups in total. The van der Waals surface area contributed by atoms with Crippen LogP contribution in [0.4, 0.5) is 5.95 Å². The lowest BCUT2D eigenvalue weighted by Gasteiger charge is -2.26. The van der Waals surface area contributed by atoms with E-state index in [2.05, 4.69) is 47.9 Å². The summed E-state index contributed by atoms with van der Waals surface area (Å²) in [4.78, 5) is 11.0. The van der Waals surface area contributed by atoms with E-state index in [0.717, 1.165) is 24.6 Å². The fraction of sp³-hybridized carbons (Fsp3) is 0.714. The van der Waals surface area contributed by atoms with Crippen LogP contribution in [0, 0.1) is 0 Å². The molecule has 0 bridgehead atoms. The maximum atomic E-state index is 5.13. The summed E-state index contributed by atoms with van der Waals surface area (Å²) >= 11 is 0. The zero-order chi connectivity index (χ0) is 14.3. The number of ether oxygens (including phenoxy) is 1. The highest BCUT2D eigenvalue weighted by Crippen LogP contribution is 2.10. The third-order valence-electron chi connectivity index (χ3n) is 2.82. The Balaban J connectivity index is 2.66. The molecule has 108 valence electrons. The number of methoxy groups -OCH3 is 1. The molecule has 0 amide bonds. The van der Waals surface area contributed by atoms with Crippen LogP contribution in [0.5, 0.6) is 0 Å². The van der Waals surface area contributed by atoms with Crippen molar-refractivity contribution in [2.24, 2.45) is 0 Å². The highest BCUT2D eigenvalue weighted by atomic mass is 16.5. The molecule has 0 aliphatic carbocycles. The summed E-state index contributed by atoms with van der Waals surface area (Å²) in [5, 5.41) is 3.35. The van der Waals surface area contributed by atoms with Crippen LogP contribution in [0.2, 0.25) is 0 Å². The molecular weight excluding hydrogens is 240 g/mol. The molecule has 0 spiro atoms. The average molecular weight is 266 g/mol. The fourth-order valence-corrected chi connectivity index (χ4v) is 1.69. The summed E-state index contributed by atoms with van der Waals surface area (Å²) in [6, 6.07) is 0.823. The van der Waals surface area contributed by atoms with Gasteiger partial charge in [0.05, 0.1) is 6.61 Å². The van der Waals surface area contributed by atoms with Crippen LogP contribution >= 0.6 is 0 Å². The average Bonchev–Trinajstić information content (AvgIpc) is 2.37. The van der Waals surface area contributed by atoms with Gasteiger partial charge in [0.1, 0.15) is 0 Å². The Morgan fingerprint density at radius 3 is 2.32 bits per heavy atom. The number of nitrogens with one attached hydrogen (secondary N) is 1. The maximum absolute atomic E-state index is 5.13. The lowest BCUT2D eigenvalue weighted by atomic mass is 10.3. The lowest BCUT2D eigenvalue weighted by molar-refractivity contribution is 0.203. The van der Waals surface area contributed by atoms with E-state index in [0.29, 0.717) is 18.7 Å². The smallest absolute Gasteiger partial charge is 0.225 e. The monoisotopic (exact) mass is 266 g/mol. The third kappa shape index (κ3) is 5.53. The Bertz CT molecular complexity index is 351. The van der Waals surface area contributed by atoms with E-state index in [4.69, 9.17) is 4.74 Å². The molecule has 1 aromatic heterocycles. The molecule has 0 saturated carbocycles. The van der Waals surface area contributed by atoms with Gasteiger partial charge in [0.2, 0.25) is 5.95 Å². The van der Waals surface area contributed by atoms with E-state index in [1.807, 2.05) is 12.4 Å². The summed E-state index contributed by atoms with van der Waals surface area (Å²) in [7, 11) is 1.71.